The summed E-state index contributed by atoms with van der Waals surface area (Å²) in [7, 11) is 0. The van der Waals surface area contributed by atoms with E-state index < -0.39 is 0 Å². The second-order valence-corrected chi connectivity index (χ2v) is 6.53. The van der Waals surface area contributed by atoms with Gasteiger partial charge in [-0.1, -0.05) is 60.7 Å². The average Bonchev–Trinajstić information content (AvgIpc) is 2.75. The van der Waals surface area contributed by atoms with E-state index in [0.717, 1.165) is 11.1 Å². The molecule has 0 N–H and O–H groups in total. The van der Waals surface area contributed by atoms with Crippen LogP contribution in [-0.2, 0) is 13.1 Å². The smallest absolute Gasteiger partial charge is 0.289 e. The molecule has 3 aromatic carbocycles. The van der Waals surface area contributed by atoms with Crippen LogP contribution in [-0.4, -0.2) is 9.13 Å². The quantitative estimate of drug-likeness (QED) is 0.556. The summed E-state index contributed by atoms with van der Waals surface area (Å²) in [5, 5.41) is 9.86. The number of nitriles is 1. The lowest BCUT2D eigenvalue weighted by atomic mass is 10.1. The molecule has 4 aromatic rings. The van der Waals surface area contributed by atoms with Crippen molar-refractivity contribution in [3.63, 3.8) is 0 Å². The molecule has 0 unspecified atom stereocenters. The Morgan fingerprint density at radius 3 is 2.21 bits per heavy atom. The van der Waals surface area contributed by atoms with Crippen LogP contribution >= 0.6 is 0 Å². The number of fused-ring (bicyclic) bond motifs is 1. The number of rotatable bonds is 4. The van der Waals surface area contributed by atoms with E-state index in [1.54, 1.807) is 41.0 Å². The molecule has 5 heteroatoms. The Balaban J connectivity index is 1.94. The molecule has 1 heterocycles. The van der Waals surface area contributed by atoms with E-state index >= 15 is 0 Å². The second kappa shape index (κ2) is 7.37. The van der Waals surface area contributed by atoms with Crippen molar-refractivity contribution in [3.05, 3.63) is 116 Å². The van der Waals surface area contributed by atoms with Crippen LogP contribution in [0.25, 0.3) is 10.9 Å². The normalized spacial score (nSPS) is 10.7. The molecule has 0 spiro atoms. The standard InChI is InChI=1S/C23H17N3O2/c24-14-18-10-4-5-11-19(18)16-25-21-13-7-6-12-20(21)22(27)26(23(25)28)15-17-8-2-1-3-9-17/h1-13H,15-16H2. The van der Waals surface area contributed by atoms with Gasteiger partial charge in [0.25, 0.3) is 5.56 Å². The molecule has 0 radical (unpaired) electrons. The van der Waals surface area contributed by atoms with Gasteiger partial charge in [0, 0.05) is 0 Å². The molecule has 0 aliphatic heterocycles. The lowest BCUT2D eigenvalue weighted by Crippen LogP contribution is -2.40. The first-order valence-corrected chi connectivity index (χ1v) is 8.93. The number of hydrogen-bond donors (Lipinski definition) is 0. The molecular formula is C23H17N3O2. The lowest BCUT2D eigenvalue weighted by Gasteiger charge is -2.15. The lowest BCUT2D eigenvalue weighted by molar-refractivity contribution is 0.634. The summed E-state index contributed by atoms with van der Waals surface area (Å²) >= 11 is 0. The Morgan fingerprint density at radius 1 is 0.750 bits per heavy atom. The summed E-state index contributed by atoms with van der Waals surface area (Å²) < 4.78 is 2.82. The third-order valence-corrected chi connectivity index (χ3v) is 4.78. The predicted molar refractivity (Wildman–Crippen MR) is 108 cm³/mol. The number of aromatic nitrogens is 2. The highest BCUT2D eigenvalue weighted by Gasteiger charge is 2.14. The van der Waals surface area contributed by atoms with Crippen molar-refractivity contribution in [1.29, 1.82) is 5.26 Å². The minimum absolute atomic E-state index is 0.198. The third kappa shape index (κ3) is 3.12. The minimum Gasteiger partial charge on any atom is -0.289 e. The van der Waals surface area contributed by atoms with Gasteiger partial charge >= 0.3 is 5.69 Å². The van der Waals surface area contributed by atoms with Gasteiger partial charge in [0.2, 0.25) is 0 Å². The Bertz CT molecular complexity index is 1310. The van der Waals surface area contributed by atoms with Crippen molar-refractivity contribution in [2.75, 3.05) is 0 Å². The molecule has 0 fully saturated rings. The number of nitrogens with zero attached hydrogens (tertiary/aromatic N) is 3. The summed E-state index contributed by atoms with van der Waals surface area (Å²) in [6, 6.07) is 25.8. The van der Waals surface area contributed by atoms with E-state index in [-0.39, 0.29) is 24.3 Å². The first-order chi connectivity index (χ1) is 13.7. The predicted octanol–water partition coefficient (Wildman–Crippen LogP) is 3.13. The van der Waals surface area contributed by atoms with Gasteiger partial charge in [-0.3, -0.25) is 13.9 Å². The maximum absolute atomic E-state index is 13.3. The van der Waals surface area contributed by atoms with Gasteiger partial charge in [-0.2, -0.15) is 5.26 Å². The fraction of sp³-hybridized carbons (Fsp3) is 0.0870. The van der Waals surface area contributed by atoms with Crippen molar-refractivity contribution in [3.8, 4) is 6.07 Å². The molecule has 0 bridgehead atoms. The first-order valence-electron chi connectivity index (χ1n) is 8.93. The van der Waals surface area contributed by atoms with Crippen LogP contribution in [0.1, 0.15) is 16.7 Å². The highest BCUT2D eigenvalue weighted by Crippen LogP contribution is 2.13. The molecule has 0 saturated heterocycles. The van der Waals surface area contributed by atoms with Gasteiger partial charge in [0.1, 0.15) is 0 Å². The molecule has 0 amide bonds. The molecule has 1 aromatic heterocycles. The molecule has 136 valence electrons. The van der Waals surface area contributed by atoms with Crippen LogP contribution < -0.4 is 11.2 Å². The van der Waals surface area contributed by atoms with E-state index in [1.807, 2.05) is 42.5 Å². The monoisotopic (exact) mass is 367 g/mol. The van der Waals surface area contributed by atoms with Gasteiger partial charge in [-0.05, 0) is 29.3 Å². The zero-order valence-electron chi connectivity index (χ0n) is 15.1. The zero-order chi connectivity index (χ0) is 19.5. The highest BCUT2D eigenvalue weighted by atomic mass is 16.2. The Hall–Kier alpha value is -3.91. The SMILES string of the molecule is N#Cc1ccccc1Cn1c(=O)n(Cc2ccccc2)c(=O)c2ccccc21. The van der Waals surface area contributed by atoms with Crippen molar-refractivity contribution in [1.82, 2.24) is 9.13 Å². The largest absolute Gasteiger partial charge is 0.332 e. The van der Waals surface area contributed by atoms with Gasteiger partial charge in [0.05, 0.1) is 35.6 Å². The van der Waals surface area contributed by atoms with Crippen molar-refractivity contribution in [2.45, 2.75) is 13.1 Å². The van der Waals surface area contributed by atoms with Gasteiger partial charge < -0.3 is 0 Å². The van der Waals surface area contributed by atoms with Crippen molar-refractivity contribution < 1.29 is 0 Å². The summed E-state index contributed by atoms with van der Waals surface area (Å²) in [6.07, 6.45) is 0. The maximum Gasteiger partial charge on any atom is 0.332 e. The molecule has 0 aliphatic carbocycles. The van der Waals surface area contributed by atoms with Crippen LogP contribution in [0.2, 0.25) is 0 Å². The Kier molecular flexibility index (Phi) is 4.61. The van der Waals surface area contributed by atoms with Crippen LogP contribution in [0.3, 0.4) is 0 Å². The fourth-order valence-corrected chi connectivity index (χ4v) is 3.37. The van der Waals surface area contributed by atoms with E-state index in [0.29, 0.717) is 16.5 Å². The summed E-state index contributed by atoms with van der Waals surface area (Å²) in [5.41, 5.74) is 1.99. The Morgan fingerprint density at radius 2 is 1.43 bits per heavy atom. The second-order valence-electron chi connectivity index (χ2n) is 6.53. The fourth-order valence-electron chi connectivity index (χ4n) is 3.37. The van der Waals surface area contributed by atoms with E-state index in [4.69, 9.17) is 0 Å². The molecular weight excluding hydrogens is 350 g/mol. The molecule has 4 rings (SSSR count). The topological polar surface area (TPSA) is 67.8 Å². The van der Waals surface area contributed by atoms with Gasteiger partial charge in [-0.25, -0.2) is 4.79 Å². The van der Waals surface area contributed by atoms with E-state index in [9.17, 15) is 14.9 Å². The summed E-state index contributed by atoms with van der Waals surface area (Å²) in [5.74, 6) is 0. The Labute approximate surface area is 161 Å². The zero-order valence-corrected chi connectivity index (χ0v) is 15.1. The molecule has 28 heavy (non-hydrogen) atoms. The highest BCUT2D eigenvalue weighted by molar-refractivity contribution is 5.78. The van der Waals surface area contributed by atoms with Crippen LogP contribution in [0.4, 0.5) is 0 Å². The van der Waals surface area contributed by atoms with Crippen LogP contribution in [0.5, 0.6) is 0 Å². The molecule has 0 atom stereocenters. The number of benzene rings is 3. The van der Waals surface area contributed by atoms with Crippen molar-refractivity contribution >= 4 is 10.9 Å². The molecule has 0 aliphatic rings. The summed E-state index contributed by atoms with van der Waals surface area (Å²) in [6.45, 7) is 0.418. The average molecular weight is 367 g/mol. The number of para-hydroxylation sites is 1. The number of hydrogen-bond acceptors (Lipinski definition) is 3. The molecule has 0 saturated carbocycles. The molecule has 5 nitrogen and oxygen atoms in total. The van der Waals surface area contributed by atoms with Gasteiger partial charge in [-0.15, -0.1) is 0 Å². The third-order valence-electron chi connectivity index (χ3n) is 4.78. The van der Waals surface area contributed by atoms with E-state index in [1.165, 1.54) is 4.57 Å². The first kappa shape index (κ1) is 17.5. The van der Waals surface area contributed by atoms with Crippen LogP contribution in [0, 0.1) is 11.3 Å². The van der Waals surface area contributed by atoms with Gasteiger partial charge in [0.15, 0.2) is 0 Å². The minimum atomic E-state index is -0.389. The summed E-state index contributed by atoms with van der Waals surface area (Å²) in [4.78, 5) is 26.2. The van der Waals surface area contributed by atoms with E-state index in [2.05, 4.69) is 6.07 Å². The van der Waals surface area contributed by atoms with Crippen molar-refractivity contribution in [2.24, 2.45) is 0 Å². The van der Waals surface area contributed by atoms with Crippen LogP contribution in [0.15, 0.2) is 88.5 Å². The maximum atomic E-state index is 13.3.